The molecule has 1 aliphatic heterocycles. The second-order valence-corrected chi connectivity index (χ2v) is 2.45. The summed E-state index contributed by atoms with van der Waals surface area (Å²) in [7, 11) is 0. The van der Waals surface area contributed by atoms with Gasteiger partial charge < -0.3 is 5.11 Å². The standard InChI is InChI=1S/C7H12O3/c1-2-4-7(8)5-3-6-9-10-7/h2,8H,1,3-6H2. The van der Waals surface area contributed by atoms with E-state index in [0.29, 0.717) is 19.4 Å². The molecule has 0 aromatic carbocycles. The van der Waals surface area contributed by atoms with Crippen molar-refractivity contribution in [2.45, 2.75) is 25.0 Å². The van der Waals surface area contributed by atoms with E-state index in [1.807, 2.05) is 0 Å². The van der Waals surface area contributed by atoms with Crippen molar-refractivity contribution < 1.29 is 14.9 Å². The van der Waals surface area contributed by atoms with Crippen molar-refractivity contribution in [2.24, 2.45) is 0 Å². The van der Waals surface area contributed by atoms with Crippen LogP contribution in [0, 0.1) is 0 Å². The molecule has 0 amide bonds. The van der Waals surface area contributed by atoms with Gasteiger partial charge >= 0.3 is 0 Å². The molecule has 1 aliphatic rings. The van der Waals surface area contributed by atoms with E-state index in [2.05, 4.69) is 11.5 Å². The summed E-state index contributed by atoms with van der Waals surface area (Å²) in [5.41, 5.74) is 0. The molecule has 1 unspecified atom stereocenters. The van der Waals surface area contributed by atoms with E-state index < -0.39 is 5.79 Å². The molecule has 0 radical (unpaired) electrons. The summed E-state index contributed by atoms with van der Waals surface area (Å²) in [4.78, 5) is 9.33. The third-order valence-corrected chi connectivity index (χ3v) is 1.47. The van der Waals surface area contributed by atoms with Crippen LogP contribution in [-0.4, -0.2) is 17.5 Å². The fourth-order valence-corrected chi connectivity index (χ4v) is 0.962. The zero-order chi connectivity index (χ0) is 7.45. The van der Waals surface area contributed by atoms with Gasteiger partial charge in [-0.15, -0.1) is 6.58 Å². The monoisotopic (exact) mass is 144 g/mol. The second kappa shape index (κ2) is 3.14. The maximum atomic E-state index is 9.45. The first-order valence-electron chi connectivity index (χ1n) is 3.41. The molecule has 0 spiro atoms. The molecule has 0 aliphatic carbocycles. The van der Waals surface area contributed by atoms with Gasteiger partial charge in [-0.3, -0.25) is 0 Å². The Bertz CT molecular complexity index is 116. The molecule has 1 rings (SSSR count). The highest BCUT2D eigenvalue weighted by molar-refractivity contribution is 4.79. The highest BCUT2D eigenvalue weighted by Gasteiger charge is 2.30. The first kappa shape index (κ1) is 7.72. The molecule has 58 valence electrons. The Morgan fingerprint density at radius 1 is 1.70 bits per heavy atom. The molecule has 1 atom stereocenters. The van der Waals surface area contributed by atoms with E-state index in [1.54, 1.807) is 6.08 Å². The highest BCUT2D eigenvalue weighted by Crippen LogP contribution is 2.23. The van der Waals surface area contributed by atoms with Crippen LogP contribution in [0.1, 0.15) is 19.3 Å². The Morgan fingerprint density at radius 2 is 2.50 bits per heavy atom. The maximum absolute atomic E-state index is 9.45. The van der Waals surface area contributed by atoms with E-state index in [1.165, 1.54) is 0 Å². The summed E-state index contributed by atoms with van der Waals surface area (Å²) in [6.07, 6.45) is 3.50. The van der Waals surface area contributed by atoms with E-state index >= 15 is 0 Å². The number of hydrogen-bond acceptors (Lipinski definition) is 3. The van der Waals surface area contributed by atoms with Gasteiger partial charge in [-0.2, -0.15) is 0 Å². The van der Waals surface area contributed by atoms with Crippen LogP contribution in [0.15, 0.2) is 12.7 Å². The van der Waals surface area contributed by atoms with Crippen LogP contribution >= 0.6 is 0 Å². The van der Waals surface area contributed by atoms with E-state index in [-0.39, 0.29) is 0 Å². The summed E-state index contributed by atoms with van der Waals surface area (Å²) in [6, 6.07) is 0. The Morgan fingerprint density at radius 3 is 3.00 bits per heavy atom. The molecule has 1 saturated heterocycles. The number of rotatable bonds is 2. The average molecular weight is 144 g/mol. The first-order chi connectivity index (χ1) is 4.77. The van der Waals surface area contributed by atoms with Crippen LogP contribution in [-0.2, 0) is 9.78 Å². The number of hydrogen-bond donors (Lipinski definition) is 1. The Labute approximate surface area is 60.2 Å². The molecule has 0 aromatic heterocycles. The van der Waals surface area contributed by atoms with Gasteiger partial charge in [-0.05, 0) is 6.42 Å². The van der Waals surface area contributed by atoms with Crippen molar-refractivity contribution in [3.05, 3.63) is 12.7 Å². The lowest BCUT2D eigenvalue weighted by atomic mass is 10.1. The summed E-state index contributed by atoms with van der Waals surface area (Å²) in [6.45, 7) is 4.07. The highest BCUT2D eigenvalue weighted by atomic mass is 17.2. The largest absolute Gasteiger partial charge is 0.363 e. The lowest BCUT2D eigenvalue weighted by Crippen LogP contribution is -2.35. The Balaban J connectivity index is 2.39. The van der Waals surface area contributed by atoms with Gasteiger partial charge in [0, 0.05) is 12.8 Å². The van der Waals surface area contributed by atoms with Crippen molar-refractivity contribution in [2.75, 3.05) is 6.61 Å². The van der Waals surface area contributed by atoms with E-state index in [0.717, 1.165) is 6.42 Å². The fourth-order valence-electron chi connectivity index (χ4n) is 0.962. The predicted molar refractivity (Wildman–Crippen MR) is 36.0 cm³/mol. The van der Waals surface area contributed by atoms with Crippen LogP contribution in [0.2, 0.25) is 0 Å². The summed E-state index contributed by atoms with van der Waals surface area (Å²) < 4.78 is 0. The van der Waals surface area contributed by atoms with Crippen LogP contribution in [0.3, 0.4) is 0 Å². The maximum Gasteiger partial charge on any atom is 0.202 e. The fraction of sp³-hybridized carbons (Fsp3) is 0.714. The molecule has 1 fully saturated rings. The quantitative estimate of drug-likeness (QED) is 0.464. The lowest BCUT2D eigenvalue weighted by Gasteiger charge is -2.29. The Hall–Kier alpha value is -0.380. The van der Waals surface area contributed by atoms with Crippen LogP contribution in [0.5, 0.6) is 0 Å². The minimum absolute atomic E-state index is 0.424. The second-order valence-electron chi connectivity index (χ2n) is 2.45. The minimum atomic E-state index is -1.11. The van der Waals surface area contributed by atoms with Gasteiger partial charge in [0.25, 0.3) is 0 Å². The first-order valence-corrected chi connectivity index (χ1v) is 3.41. The third kappa shape index (κ3) is 1.80. The third-order valence-electron chi connectivity index (χ3n) is 1.47. The molecule has 0 bridgehead atoms. The SMILES string of the molecule is C=CCC1(O)CCCOO1. The van der Waals surface area contributed by atoms with Gasteiger partial charge in [0.05, 0.1) is 6.61 Å². The van der Waals surface area contributed by atoms with Gasteiger partial charge in [-0.1, -0.05) is 6.08 Å². The molecule has 0 saturated carbocycles. The molecule has 3 heteroatoms. The molecule has 1 heterocycles. The van der Waals surface area contributed by atoms with Crippen LogP contribution in [0.4, 0.5) is 0 Å². The van der Waals surface area contributed by atoms with E-state index in [9.17, 15) is 5.11 Å². The van der Waals surface area contributed by atoms with Crippen molar-refractivity contribution in [1.82, 2.24) is 0 Å². The van der Waals surface area contributed by atoms with Gasteiger partial charge in [0.15, 0.2) is 0 Å². The summed E-state index contributed by atoms with van der Waals surface area (Å²) >= 11 is 0. The normalized spacial score (nSPS) is 33.7. The zero-order valence-electron chi connectivity index (χ0n) is 5.88. The number of aliphatic hydroxyl groups is 1. The van der Waals surface area contributed by atoms with Gasteiger partial charge in [0.2, 0.25) is 5.79 Å². The Kier molecular flexibility index (Phi) is 2.43. The summed E-state index contributed by atoms with van der Waals surface area (Å²) in [5.74, 6) is -1.11. The summed E-state index contributed by atoms with van der Waals surface area (Å²) in [5, 5.41) is 9.45. The molecule has 1 N–H and O–H groups in total. The van der Waals surface area contributed by atoms with Crippen LogP contribution in [0.25, 0.3) is 0 Å². The van der Waals surface area contributed by atoms with Gasteiger partial charge in [0.1, 0.15) is 0 Å². The minimum Gasteiger partial charge on any atom is -0.363 e. The smallest absolute Gasteiger partial charge is 0.202 e. The van der Waals surface area contributed by atoms with Crippen molar-refractivity contribution in [1.29, 1.82) is 0 Å². The van der Waals surface area contributed by atoms with E-state index in [4.69, 9.17) is 4.89 Å². The molecule has 3 nitrogen and oxygen atoms in total. The van der Waals surface area contributed by atoms with Crippen molar-refractivity contribution >= 4 is 0 Å². The lowest BCUT2D eigenvalue weighted by molar-refractivity contribution is -0.439. The van der Waals surface area contributed by atoms with Crippen molar-refractivity contribution in [3.63, 3.8) is 0 Å². The topological polar surface area (TPSA) is 38.7 Å². The van der Waals surface area contributed by atoms with Gasteiger partial charge in [-0.25, -0.2) is 9.78 Å². The van der Waals surface area contributed by atoms with Crippen LogP contribution < -0.4 is 0 Å². The zero-order valence-corrected chi connectivity index (χ0v) is 5.88. The van der Waals surface area contributed by atoms with Crippen molar-refractivity contribution in [3.8, 4) is 0 Å². The molecular weight excluding hydrogens is 132 g/mol. The average Bonchev–Trinajstić information content (AvgIpc) is 1.89. The molecule has 10 heavy (non-hydrogen) atoms. The molecule has 0 aromatic rings. The predicted octanol–water partition coefficient (Wildman–Crippen LogP) is 0.993. The molecular formula is C7H12O3.